The van der Waals surface area contributed by atoms with E-state index in [9.17, 15) is 0 Å². The van der Waals surface area contributed by atoms with Crippen LogP contribution in [0.5, 0.6) is 5.75 Å². The van der Waals surface area contributed by atoms with E-state index in [1.54, 1.807) is 7.11 Å². The number of benzene rings is 1. The summed E-state index contributed by atoms with van der Waals surface area (Å²) in [5.41, 5.74) is 3.53. The lowest BCUT2D eigenvalue weighted by molar-refractivity contribution is 0.220. The van der Waals surface area contributed by atoms with Crippen molar-refractivity contribution in [2.45, 2.75) is 32.1 Å². The van der Waals surface area contributed by atoms with Gasteiger partial charge in [0.15, 0.2) is 0 Å². The van der Waals surface area contributed by atoms with Crippen LogP contribution in [0.1, 0.15) is 36.9 Å². The topological polar surface area (TPSA) is 42.3 Å². The number of aromatic nitrogens is 2. The third kappa shape index (κ3) is 3.00. The Morgan fingerprint density at radius 2 is 2.12 bits per heavy atom. The predicted octanol–water partition coefficient (Wildman–Crippen LogP) is 3.70. The molecule has 134 valence electrons. The summed E-state index contributed by atoms with van der Waals surface area (Å²) in [5.74, 6) is 2.44. The van der Waals surface area contributed by atoms with Gasteiger partial charge in [-0.2, -0.15) is 5.10 Å². The van der Waals surface area contributed by atoms with Crippen LogP contribution >= 0.6 is 11.6 Å². The average Bonchev–Trinajstić information content (AvgIpc) is 3.24. The summed E-state index contributed by atoms with van der Waals surface area (Å²) in [6.45, 7) is 6.67. The first kappa shape index (κ1) is 16.7. The number of fused-ring (bicyclic) bond motifs is 1. The summed E-state index contributed by atoms with van der Waals surface area (Å²) >= 11 is 6.24. The van der Waals surface area contributed by atoms with Gasteiger partial charge in [-0.05, 0) is 57.1 Å². The Bertz CT molecular complexity index is 765. The second-order valence-electron chi connectivity index (χ2n) is 6.83. The second kappa shape index (κ2) is 6.89. The minimum atomic E-state index is 0.544. The van der Waals surface area contributed by atoms with Gasteiger partial charge in [0.1, 0.15) is 17.3 Å². The van der Waals surface area contributed by atoms with Gasteiger partial charge in [-0.25, -0.2) is 4.68 Å². The molecule has 2 aliphatic heterocycles. The molecule has 5 nitrogen and oxygen atoms in total. The Kier molecular flexibility index (Phi) is 4.61. The van der Waals surface area contributed by atoms with E-state index in [-0.39, 0.29) is 0 Å². The largest absolute Gasteiger partial charge is 0.494 e. The summed E-state index contributed by atoms with van der Waals surface area (Å²) in [5, 5.41) is 9.22. The fourth-order valence-electron chi connectivity index (χ4n) is 4.05. The first-order valence-corrected chi connectivity index (χ1v) is 9.51. The van der Waals surface area contributed by atoms with Gasteiger partial charge >= 0.3 is 0 Å². The number of nitrogens with one attached hydrogen (secondary N) is 1. The summed E-state index contributed by atoms with van der Waals surface area (Å²) < 4.78 is 7.54. The molecule has 0 amide bonds. The van der Waals surface area contributed by atoms with E-state index in [1.807, 2.05) is 22.9 Å². The van der Waals surface area contributed by atoms with Gasteiger partial charge in [0.25, 0.3) is 0 Å². The van der Waals surface area contributed by atoms with E-state index in [0.29, 0.717) is 10.9 Å². The molecule has 1 aromatic heterocycles. The molecule has 6 heteroatoms. The zero-order valence-corrected chi connectivity index (χ0v) is 15.6. The van der Waals surface area contributed by atoms with Crippen molar-refractivity contribution in [3.8, 4) is 11.4 Å². The minimum Gasteiger partial charge on any atom is -0.494 e. The minimum absolute atomic E-state index is 0.544. The molecule has 25 heavy (non-hydrogen) atoms. The zero-order valence-electron chi connectivity index (χ0n) is 14.9. The second-order valence-corrected chi connectivity index (χ2v) is 7.26. The quantitative estimate of drug-likeness (QED) is 0.902. The molecule has 4 rings (SSSR count). The lowest BCUT2D eigenvalue weighted by atomic mass is 9.91. The maximum absolute atomic E-state index is 6.24. The Balaban J connectivity index is 1.73. The van der Waals surface area contributed by atoms with Crippen molar-refractivity contribution < 1.29 is 4.74 Å². The third-order valence-corrected chi connectivity index (χ3v) is 5.71. The number of nitrogens with zero attached hydrogens (tertiary/aromatic N) is 3. The maximum atomic E-state index is 6.24. The van der Waals surface area contributed by atoms with Gasteiger partial charge < -0.3 is 15.0 Å². The van der Waals surface area contributed by atoms with Gasteiger partial charge in [-0.1, -0.05) is 18.5 Å². The van der Waals surface area contributed by atoms with Crippen molar-refractivity contribution in [1.29, 1.82) is 0 Å². The van der Waals surface area contributed by atoms with Crippen molar-refractivity contribution in [3.05, 3.63) is 34.5 Å². The van der Waals surface area contributed by atoms with Crippen molar-refractivity contribution in [1.82, 2.24) is 14.7 Å². The van der Waals surface area contributed by atoms with Crippen LogP contribution in [0, 0.1) is 0 Å². The number of anilines is 1. The van der Waals surface area contributed by atoms with Crippen LogP contribution in [0.3, 0.4) is 0 Å². The number of piperidine rings is 1. The van der Waals surface area contributed by atoms with Gasteiger partial charge in [0.05, 0.1) is 12.8 Å². The lowest BCUT2D eigenvalue weighted by Crippen LogP contribution is -2.33. The number of rotatable bonds is 4. The lowest BCUT2D eigenvalue weighted by Gasteiger charge is -2.30. The van der Waals surface area contributed by atoms with Crippen LogP contribution in [0.15, 0.2) is 18.2 Å². The van der Waals surface area contributed by atoms with Gasteiger partial charge in [-0.3, -0.25) is 0 Å². The molecule has 1 fully saturated rings. The van der Waals surface area contributed by atoms with Crippen LogP contribution in [-0.4, -0.2) is 48.0 Å². The van der Waals surface area contributed by atoms with E-state index in [0.717, 1.165) is 49.9 Å². The highest BCUT2D eigenvalue weighted by atomic mass is 35.5. The molecule has 3 heterocycles. The standard InChI is InChI=1S/C19H25ClN4O/c1-3-23-10-7-13(8-11-23)18-15-6-9-21-19(15)24(22-18)16-12-14(20)4-5-17(16)25-2/h4-5,12-13,21H,3,6-11H2,1-2H3. The monoisotopic (exact) mass is 360 g/mol. The highest BCUT2D eigenvalue weighted by Crippen LogP contribution is 2.38. The number of hydrogen-bond donors (Lipinski definition) is 1. The van der Waals surface area contributed by atoms with E-state index < -0.39 is 0 Å². The van der Waals surface area contributed by atoms with E-state index in [2.05, 4.69) is 17.1 Å². The Morgan fingerprint density at radius 3 is 2.84 bits per heavy atom. The molecule has 1 saturated heterocycles. The molecule has 0 atom stereocenters. The van der Waals surface area contributed by atoms with E-state index in [4.69, 9.17) is 21.4 Å². The van der Waals surface area contributed by atoms with Gasteiger partial charge in [0, 0.05) is 23.0 Å². The number of ether oxygens (including phenoxy) is 1. The zero-order chi connectivity index (χ0) is 17.4. The van der Waals surface area contributed by atoms with Crippen LogP contribution in [-0.2, 0) is 6.42 Å². The highest BCUT2D eigenvalue weighted by Gasteiger charge is 2.30. The molecule has 1 N–H and O–H groups in total. The molecule has 0 bridgehead atoms. The molecule has 0 aliphatic carbocycles. The van der Waals surface area contributed by atoms with Crippen molar-refractivity contribution >= 4 is 17.4 Å². The van der Waals surface area contributed by atoms with Gasteiger partial charge in [0.2, 0.25) is 0 Å². The van der Waals surface area contributed by atoms with Crippen LogP contribution < -0.4 is 10.1 Å². The van der Waals surface area contributed by atoms with Gasteiger partial charge in [-0.15, -0.1) is 0 Å². The average molecular weight is 361 g/mol. The summed E-state index contributed by atoms with van der Waals surface area (Å²) in [6.07, 6.45) is 3.41. The molecular formula is C19H25ClN4O. The van der Waals surface area contributed by atoms with Crippen molar-refractivity contribution in [3.63, 3.8) is 0 Å². The Hall–Kier alpha value is -1.72. The fourth-order valence-corrected chi connectivity index (χ4v) is 4.22. The normalized spacial score (nSPS) is 18.2. The first-order chi connectivity index (χ1) is 12.2. The molecule has 0 radical (unpaired) electrons. The molecule has 0 unspecified atom stereocenters. The molecule has 0 saturated carbocycles. The van der Waals surface area contributed by atoms with E-state index >= 15 is 0 Å². The Labute approximate surface area is 153 Å². The molecule has 1 aromatic carbocycles. The molecular weight excluding hydrogens is 336 g/mol. The van der Waals surface area contributed by atoms with Crippen molar-refractivity contribution in [2.75, 3.05) is 38.6 Å². The fraction of sp³-hybridized carbons (Fsp3) is 0.526. The number of methoxy groups -OCH3 is 1. The Morgan fingerprint density at radius 1 is 1.32 bits per heavy atom. The predicted molar refractivity (Wildman–Crippen MR) is 101 cm³/mol. The highest BCUT2D eigenvalue weighted by molar-refractivity contribution is 6.30. The summed E-state index contributed by atoms with van der Waals surface area (Å²) in [4.78, 5) is 2.52. The van der Waals surface area contributed by atoms with Crippen molar-refractivity contribution in [2.24, 2.45) is 0 Å². The number of likely N-dealkylation sites (tertiary alicyclic amines) is 1. The number of hydrogen-bond acceptors (Lipinski definition) is 4. The number of halogens is 1. The molecule has 0 spiro atoms. The SMILES string of the molecule is CCN1CCC(c2nn(-c3cc(Cl)ccc3OC)c3c2CCN3)CC1. The summed E-state index contributed by atoms with van der Waals surface area (Å²) in [6, 6.07) is 5.68. The maximum Gasteiger partial charge on any atom is 0.144 e. The van der Waals surface area contributed by atoms with Crippen LogP contribution in [0.25, 0.3) is 5.69 Å². The first-order valence-electron chi connectivity index (χ1n) is 9.13. The van der Waals surface area contributed by atoms with Crippen LogP contribution in [0.2, 0.25) is 5.02 Å². The smallest absolute Gasteiger partial charge is 0.144 e. The van der Waals surface area contributed by atoms with E-state index in [1.165, 1.54) is 24.1 Å². The molecule has 2 aromatic rings. The summed E-state index contributed by atoms with van der Waals surface area (Å²) in [7, 11) is 1.69. The third-order valence-electron chi connectivity index (χ3n) is 5.47. The molecule has 2 aliphatic rings. The van der Waals surface area contributed by atoms with Crippen LogP contribution in [0.4, 0.5) is 5.82 Å².